The maximum Gasteiger partial charge on any atom is 0.170 e. The highest BCUT2D eigenvalue weighted by atomic mass is 16.5. The smallest absolute Gasteiger partial charge is 0.170 e. The number of hydrogen-bond acceptors (Lipinski definition) is 5. The van der Waals surface area contributed by atoms with Crippen molar-refractivity contribution in [2.24, 2.45) is 4.99 Å². The fourth-order valence-corrected chi connectivity index (χ4v) is 2.16. The van der Waals surface area contributed by atoms with Crippen molar-refractivity contribution in [2.45, 2.75) is 12.8 Å². The summed E-state index contributed by atoms with van der Waals surface area (Å²) in [5.74, 6) is 2.19. The van der Waals surface area contributed by atoms with Gasteiger partial charge < -0.3 is 14.8 Å². The number of aliphatic imine (C=N–C) groups is 1. The van der Waals surface area contributed by atoms with Crippen molar-refractivity contribution in [2.75, 3.05) is 26.3 Å². The first-order valence-corrected chi connectivity index (χ1v) is 6.53. The summed E-state index contributed by atoms with van der Waals surface area (Å²) >= 11 is 0. The maximum absolute atomic E-state index is 12.2. The number of carbonyl (C=O) groups is 1. The monoisotopic (exact) mass is 260 g/mol. The topological polar surface area (TPSA) is 59.9 Å². The molecule has 0 aliphatic carbocycles. The Bertz CT molecular complexity index is 525. The zero-order valence-electron chi connectivity index (χ0n) is 10.6. The highest BCUT2D eigenvalue weighted by Gasteiger charge is 2.16. The van der Waals surface area contributed by atoms with E-state index in [0.29, 0.717) is 36.7 Å². The molecule has 0 bridgehead atoms. The Morgan fingerprint density at radius 3 is 2.89 bits per heavy atom. The van der Waals surface area contributed by atoms with Crippen molar-refractivity contribution in [3.8, 4) is 11.5 Å². The number of carbonyl (C=O) groups excluding carboxylic acids is 1. The van der Waals surface area contributed by atoms with Crippen LogP contribution in [0, 0.1) is 0 Å². The maximum atomic E-state index is 12.2. The third kappa shape index (κ3) is 2.70. The van der Waals surface area contributed by atoms with E-state index in [9.17, 15) is 4.79 Å². The molecule has 1 aromatic rings. The molecule has 0 atom stereocenters. The summed E-state index contributed by atoms with van der Waals surface area (Å²) in [6, 6.07) is 5.35. The second-order valence-corrected chi connectivity index (χ2v) is 4.57. The SMILES string of the molecule is O=C(CC1=NCCN1)c1ccc2c(c1)OCCCO2. The molecule has 2 heterocycles. The van der Waals surface area contributed by atoms with Crippen LogP contribution in [-0.4, -0.2) is 37.9 Å². The molecule has 19 heavy (non-hydrogen) atoms. The van der Waals surface area contributed by atoms with Crippen molar-refractivity contribution < 1.29 is 14.3 Å². The third-order valence-corrected chi connectivity index (χ3v) is 3.14. The standard InChI is InChI=1S/C14H16N2O3/c17-11(9-14-15-4-5-16-14)10-2-3-12-13(8-10)19-7-1-6-18-12/h2-3,8H,1,4-7,9H2,(H,15,16). The van der Waals surface area contributed by atoms with Gasteiger partial charge in [0.05, 0.1) is 26.2 Å². The van der Waals surface area contributed by atoms with Gasteiger partial charge in [0.2, 0.25) is 0 Å². The normalized spacial score (nSPS) is 17.4. The second-order valence-electron chi connectivity index (χ2n) is 4.57. The highest BCUT2D eigenvalue weighted by Crippen LogP contribution is 2.30. The van der Waals surface area contributed by atoms with Crippen LogP contribution in [0.15, 0.2) is 23.2 Å². The van der Waals surface area contributed by atoms with E-state index in [-0.39, 0.29) is 5.78 Å². The Labute approximate surface area is 111 Å². The molecule has 100 valence electrons. The van der Waals surface area contributed by atoms with Gasteiger partial charge in [0.1, 0.15) is 5.84 Å². The molecule has 1 N–H and O–H groups in total. The van der Waals surface area contributed by atoms with Gasteiger partial charge in [-0.15, -0.1) is 0 Å². The molecule has 0 radical (unpaired) electrons. The van der Waals surface area contributed by atoms with E-state index >= 15 is 0 Å². The van der Waals surface area contributed by atoms with Gasteiger partial charge in [-0.25, -0.2) is 0 Å². The van der Waals surface area contributed by atoms with Crippen LogP contribution in [0.3, 0.4) is 0 Å². The van der Waals surface area contributed by atoms with Crippen LogP contribution < -0.4 is 14.8 Å². The Kier molecular flexibility index (Phi) is 3.35. The summed E-state index contributed by atoms with van der Waals surface area (Å²) in [6.07, 6.45) is 1.18. The van der Waals surface area contributed by atoms with E-state index in [1.807, 2.05) is 0 Å². The minimum Gasteiger partial charge on any atom is -0.490 e. The number of ketones is 1. The first-order chi connectivity index (χ1) is 9.33. The fourth-order valence-electron chi connectivity index (χ4n) is 2.16. The summed E-state index contributed by atoms with van der Waals surface area (Å²) in [5, 5.41) is 3.10. The molecule has 0 fully saturated rings. The number of ether oxygens (including phenoxy) is 2. The van der Waals surface area contributed by atoms with Gasteiger partial charge in [-0.1, -0.05) is 0 Å². The molecule has 2 aliphatic rings. The number of benzene rings is 1. The summed E-state index contributed by atoms with van der Waals surface area (Å²) in [7, 11) is 0. The van der Waals surface area contributed by atoms with Crippen LogP contribution in [0.4, 0.5) is 0 Å². The minimum absolute atomic E-state index is 0.0452. The lowest BCUT2D eigenvalue weighted by molar-refractivity contribution is 0.0999. The zero-order valence-corrected chi connectivity index (χ0v) is 10.6. The minimum atomic E-state index is 0.0452. The van der Waals surface area contributed by atoms with Gasteiger partial charge in [-0.2, -0.15) is 0 Å². The number of nitrogens with one attached hydrogen (secondary N) is 1. The molecule has 1 aromatic carbocycles. The van der Waals surface area contributed by atoms with Crippen molar-refractivity contribution in [3.63, 3.8) is 0 Å². The van der Waals surface area contributed by atoms with Crippen LogP contribution >= 0.6 is 0 Å². The van der Waals surface area contributed by atoms with Crippen LogP contribution in [0.25, 0.3) is 0 Å². The molecule has 5 heteroatoms. The number of nitrogens with zero attached hydrogens (tertiary/aromatic N) is 1. The number of amidine groups is 1. The summed E-state index contributed by atoms with van der Waals surface area (Å²) < 4.78 is 11.1. The van der Waals surface area contributed by atoms with Crippen molar-refractivity contribution in [1.29, 1.82) is 0 Å². The zero-order chi connectivity index (χ0) is 13.1. The Morgan fingerprint density at radius 1 is 1.26 bits per heavy atom. The van der Waals surface area contributed by atoms with Gasteiger partial charge in [-0.3, -0.25) is 9.79 Å². The molecule has 0 amide bonds. The third-order valence-electron chi connectivity index (χ3n) is 3.14. The largest absolute Gasteiger partial charge is 0.490 e. The Morgan fingerprint density at radius 2 is 2.11 bits per heavy atom. The predicted octanol–water partition coefficient (Wildman–Crippen LogP) is 1.42. The first-order valence-electron chi connectivity index (χ1n) is 6.53. The van der Waals surface area contributed by atoms with Crippen LogP contribution in [0.2, 0.25) is 0 Å². The van der Waals surface area contributed by atoms with Gasteiger partial charge >= 0.3 is 0 Å². The van der Waals surface area contributed by atoms with E-state index in [0.717, 1.165) is 25.3 Å². The van der Waals surface area contributed by atoms with Crippen LogP contribution in [0.5, 0.6) is 11.5 Å². The van der Waals surface area contributed by atoms with Gasteiger partial charge in [0.15, 0.2) is 17.3 Å². The molecule has 0 spiro atoms. The van der Waals surface area contributed by atoms with Gasteiger partial charge in [0.25, 0.3) is 0 Å². The Hall–Kier alpha value is -2.04. The fraction of sp³-hybridized carbons (Fsp3) is 0.429. The van der Waals surface area contributed by atoms with E-state index in [1.165, 1.54) is 0 Å². The van der Waals surface area contributed by atoms with Gasteiger partial charge in [-0.05, 0) is 18.2 Å². The van der Waals surface area contributed by atoms with Crippen molar-refractivity contribution in [1.82, 2.24) is 5.32 Å². The summed E-state index contributed by atoms with van der Waals surface area (Å²) in [4.78, 5) is 16.4. The number of hydrogen-bond donors (Lipinski definition) is 1. The quantitative estimate of drug-likeness (QED) is 0.835. The van der Waals surface area contributed by atoms with E-state index < -0.39 is 0 Å². The molecule has 0 aromatic heterocycles. The predicted molar refractivity (Wildman–Crippen MR) is 71.3 cm³/mol. The number of rotatable bonds is 3. The molecular weight excluding hydrogens is 244 g/mol. The average Bonchev–Trinajstić information content (AvgIpc) is 2.81. The van der Waals surface area contributed by atoms with Crippen LogP contribution in [-0.2, 0) is 0 Å². The van der Waals surface area contributed by atoms with Gasteiger partial charge in [0, 0.05) is 18.5 Å². The van der Waals surface area contributed by atoms with E-state index in [4.69, 9.17) is 9.47 Å². The molecule has 0 saturated carbocycles. The average molecular weight is 260 g/mol. The Balaban J connectivity index is 1.77. The van der Waals surface area contributed by atoms with Crippen molar-refractivity contribution in [3.05, 3.63) is 23.8 Å². The van der Waals surface area contributed by atoms with E-state index in [1.54, 1.807) is 18.2 Å². The lowest BCUT2D eigenvalue weighted by Crippen LogP contribution is -2.21. The number of Topliss-reactive ketones (excluding diaryl/α,β-unsaturated/α-hetero) is 1. The first kappa shape index (κ1) is 12.0. The molecule has 5 nitrogen and oxygen atoms in total. The lowest BCUT2D eigenvalue weighted by atomic mass is 10.1. The summed E-state index contributed by atoms with van der Waals surface area (Å²) in [5.41, 5.74) is 0.639. The molecule has 3 rings (SSSR count). The second kappa shape index (κ2) is 5.30. The molecule has 0 unspecified atom stereocenters. The highest BCUT2D eigenvalue weighted by molar-refractivity contribution is 6.09. The number of fused-ring (bicyclic) bond motifs is 1. The van der Waals surface area contributed by atoms with E-state index in [2.05, 4.69) is 10.3 Å². The molecule has 2 aliphatic heterocycles. The lowest BCUT2D eigenvalue weighted by Gasteiger charge is -2.09. The summed E-state index contributed by atoms with van der Waals surface area (Å²) in [6.45, 7) is 2.85. The molecule has 0 saturated heterocycles. The van der Waals surface area contributed by atoms with Crippen LogP contribution in [0.1, 0.15) is 23.2 Å². The molecular formula is C14H16N2O3. The van der Waals surface area contributed by atoms with Crippen molar-refractivity contribution >= 4 is 11.6 Å².